The van der Waals surface area contributed by atoms with Gasteiger partial charge < -0.3 is 14.6 Å². The molecule has 1 saturated heterocycles. The molecule has 6 nitrogen and oxygen atoms in total. The smallest absolute Gasteiger partial charge is 0.303 e. The van der Waals surface area contributed by atoms with Crippen molar-refractivity contribution >= 4 is 17.5 Å². The molecular formula is C29H44O6. The molecule has 5 rings (SSSR count). The van der Waals surface area contributed by atoms with Crippen molar-refractivity contribution in [3.63, 3.8) is 0 Å². The van der Waals surface area contributed by atoms with Gasteiger partial charge in [-0.1, -0.05) is 34.6 Å². The zero-order valence-electron chi connectivity index (χ0n) is 22.2. The zero-order chi connectivity index (χ0) is 25.4. The molecule has 196 valence electrons. The number of rotatable bonds is 4. The van der Waals surface area contributed by atoms with Gasteiger partial charge >= 0.3 is 5.97 Å². The predicted octanol–water partition coefficient (Wildman–Crippen LogP) is 5.27. The largest absolute Gasteiger partial charge is 0.481 e. The Labute approximate surface area is 209 Å². The second-order valence-electron chi connectivity index (χ2n) is 14.0. The van der Waals surface area contributed by atoms with Gasteiger partial charge in [0.25, 0.3) is 0 Å². The van der Waals surface area contributed by atoms with Crippen molar-refractivity contribution < 1.29 is 29.0 Å². The van der Waals surface area contributed by atoms with E-state index >= 15 is 0 Å². The summed E-state index contributed by atoms with van der Waals surface area (Å²) in [5.74, 6) is -0.0190. The number of fused-ring (bicyclic) bond motifs is 5. The van der Waals surface area contributed by atoms with Crippen molar-refractivity contribution in [1.29, 1.82) is 0 Å². The first-order chi connectivity index (χ1) is 16.3. The van der Waals surface area contributed by atoms with E-state index in [0.717, 1.165) is 32.1 Å². The summed E-state index contributed by atoms with van der Waals surface area (Å²) in [6, 6.07) is 0. The van der Waals surface area contributed by atoms with E-state index in [4.69, 9.17) is 14.6 Å². The van der Waals surface area contributed by atoms with Crippen LogP contribution in [0, 0.1) is 51.8 Å². The Kier molecular flexibility index (Phi) is 6.07. The van der Waals surface area contributed by atoms with Crippen LogP contribution in [0.15, 0.2) is 0 Å². The van der Waals surface area contributed by atoms with Gasteiger partial charge in [0.1, 0.15) is 11.6 Å². The van der Waals surface area contributed by atoms with Crippen molar-refractivity contribution in [2.45, 2.75) is 98.2 Å². The molecule has 1 spiro atoms. The molecule has 0 aromatic rings. The van der Waals surface area contributed by atoms with Gasteiger partial charge in [-0.3, -0.25) is 14.4 Å². The molecule has 0 bridgehead atoms. The van der Waals surface area contributed by atoms with Crippen LogP contribution in [0.4, 0.5) is 0 Å². The third-order valence-electron chi connectivity index (χ3n) is 11.4. The van der Waals surface area contributed by atoms with Crippen LogP contribution in [-0.4, -0.2) is 41.6 Å². The highest BCUT2D eigenvalue weighted by atomic mass is 16.7. The third kappa shape index (κ3) is 3.93. The summed E-state index contributed by atoms with van der Waals surface area (Å²) in [7, 11) is 0. The van der Waals surface area contributed by atoms with Gasteiger partial charge in [-0.15, -0.1) is 0 Å². The molecule has 0 radical (unpaired) electrons. The SMILES string of the molecule is CC(CCC(=O)O)C1CCC2C3C(=O)CC4CC5(CC[C@]4(C)C3CC(=O)[C@]12C)OCC(C)(C)CO5. The van der Waals surface area contributed by atoms with Crippen molar-refractivity contribution in [1.82, 2.24) is 0 Å². The van der Waals surface area contributed by atoms with E-state index in [1.165, 1.54) is 0 Å². The highest BCUT2D eigenvalue weighted by molar-refractivity contribution is 5.92. The third-order valence-corrected chi connectivity index (χ3v) is 11.4. The van der Waals surface area contributed by atoms with Crippen molar-refractivity contribution in [2.24, 2.45) is 51.8 Å². The average Bonchev–Trinajstić information content (AvgIpc) is 3.15. The summed E-state index contributed by atoms with van der Waals surface area (Å²) in [5.41, 5.74) is -0.539. The van der Waals surface area contributed by atoms with E-state index in [2.05, 4.69) is 34.6 Å². The molecule has 6 unspecified atom stereocenters. The van der Waals surface area contributed by atoms with Crippen LogP contribution in [0.1, 0.15) is 92.4 Å². The lowest BCUT2D eigenvalue weighted by Crippen LogP contribution is -2.62. The van der Waals surface area contributed by atoms with Gasteiger partial charge in [-0.2, -0.15) is 0 Å². The van der Waals surface area contributed by atoms with Crippen LogP contribution in [0.2, 0.25) is 0 Å². The van der Waals surface area contributed by atoms with Gasteiger partial charge in [0.2, 0.25) is 0 Å². The molecule has 0 amide bonds. The minimum atomic E-state index is -0.780. The molecule has 0 aromatic carbocycles. The fourth-order valence-electron chi connectivity index (χ4n) is 9.09. The Balaban J connectivity index is 1.38. The molecule has 0 aromatic heterocycles. The molecule has 4 saturated carbocycles. The highest BCUT2D eigenvalue weighted by Crippen LogP contribution is 2.67. The van der Waals surface area contributed by atoms with Crippen LogP contribution < -0.4 is 0 Å². The second kappa shape index (κ2) is 8.37. The molecule has 35 heavy (non-hydrogen) atoms. The average molecular weight is 489 g/mol. The van der Waals surface area contributed by atoms with Crippen LogP contribution in [-0.2, 0) is 23.9 Å². The van der Waals surface area contributed by atoms with Crippen LogP contribution in [0.25, 0.3) is 0 Å². The first-order valence-electron chi connectivity index (χ1n) is 13.9. The van der Waals surface area contributed by atoms with E-state index in [-0.39, 0.29) is 52.8 Å². The summed E-state index contributed by atoms with van der Waals surface area (Å²) in [4.78, 5) is 38.9. The first-order valence-corrected chi connectivity index (χ1v) is 13.9. The normalized spacial score (nSPS) is 44.9. The number of ketones is 2. The number of Topliss-reactive ketones (excluding diaryl/α,β-unsaturated/α-hetero) is 2. The maximum absolute atomic E-state index is 13.9. The molecule has 8 atom stereocenters. The van der Waals surface area contributed by atoms with E-state index in [9.17, 15) is 14.4 Å². The maximum atomic E-state index is 13.9. The number of ether oxygens (including phenoxy) is 2. The monoisotopic (exact) mass is 488 g/mol. The topological polar surface area (TPSA) is 89.9 Å². The fourth-order valence-corrected chi connectivity index (χ4v) is 9.09. The summed E-state index contributed by atoms with van der Waals surface area (Å²) in [6.07, 6.45) is 6.13. The number of carboxylic acid groups (broad SMARTS) is 1. The predicted molar refractivity (Wildman–Crippen MR) is 130 cm³/mol. The fraction of sp³-hybridized carbons (Fsp3) is 0.897. The highest BCUT2D eigenvalue weighted by Gasteiger charge is 2.67. The molecule has 5 fully saturated rings. The van der Waals surface area contributed by atoms with E-state index < -0.39 is 17.2 Å². The molecular weight excluding hydrogens is 444 g/mol. The molecule has 6 heteroatoms. The van der Waals surface area contributed by atoms with Crippen LogP contribution in [0.3, 0.4) is 0 Å². The van der Waals surface area contributed by atoms with Gasteiger partial charge in [0.05, 0.1) is 13.2 Å². The Morgan fingerprint density at radius 1 is 1.03 bits per heavy atom. The minimum absolute atomic E-state index is 0.0142. The van der Waals surface area contributed by atoms with Crippen molar-refractivity contribution in [3.05, 3.63) is 0 Å². The summed E-state index contributed by atoms with van der Waals surface area (Å²) < 4.78 is 12.7. The van der Waals surface area contributed by atoms with Gasteiger partial charge in [-0.05, 0) is 60.7 Å². The lowest BCUT2D eigenvalue weighted by atomic mass is 9.43. The lowest BCUT2D eigenvalue weighted by molar-refractivity contribution is -0.327. The van der Waals surface area contributed by atoms with Gasteiger partial charge in [0.15, 0.2) is 5.79 Å². The number of carbonyl (C=O) groups excluding carboxylic acids is 2. The van der Waals surface area contributed by atoms with Crippen LogP contribution >= 0.6 is 0 Å². The van der Waals surface area contributed by atoms with Gasteiger partial charge in [-0.25, -0.2) is 0 Å². The summed E-state index contributed by atoms with van der Waals surface area (Å²) >= 11 is 0. The minimum Gasteiger partial charge on any atom is -0.481 e. The number of carboxylic acids is 1. The van der Waals surface area contributed by atoms with Crippen LogP contribution in [0.5, 0.6) is 0 Å². The van der Waals surface area contributed by atoms with Crippen molar-refractivity contribution in [3.8, 4) is 0 Å². The first kappa shape index (κ1) is 25.4. The second-order valence-corrected chi connectivity index (χ2v) is 14.0. The zero-order valence-corrected chi connectivity index (χ0v) is 22.2. The van der Waals surface area contributed by atoms with Gasteiger partial charge in [0, 0.05) is 48.9 Å². The van der Waals surface area contributed by atoms with Crippen molar-refractivity contribution in [2.75, 3.05) is 13.2 Å². The Morgan fingerprint density at radius 2 is 1.71 bits per heavy atom. The van der Waals surface area contributed by atoms with E-state index in [1.807, 2.05) is 0 Å². The summed E-state index contributed by atoms with van der Waals surface area (Å²) in [5, 5.41) is 9.17. The summed E-state index contributed by atoms with van der Waals surface area (Å²) in [6.45, 7) is 12.2. The van der Waals surface area contributed by atoms with E-state index in [0.29, 0.717) is 44.0 Å². The maximum Gasteiger partial charge on any atom is 0.303 e. The molecule has 5 aliphatic rings. The Bertz CT molecular complexity index is 899. The number of aliphatic carboxylic acids is 1. The number of carbonyl (C=O) groups is 3. The molecule has 4 aliphatic carbocycles. The quantitative estimate of drug-likeness (QED) is 0.580. The van der Waals surface area contributed by atoms with E-state index in [1.54, 1.807) is 0 Å². The lowest BCUT2D eigenvalue weighted by Gasteiger charge is -2.61. The molecule has 1 heterocycles. The molecule has 1 N–H and O–H groups in total. The number of hydrogen-bond acceptors (Lipinski definition) is 5. The molecule has 1 aliphatic heterocycles. The standard InChI is InChI=1S/C29H44O6/c1-17(6-9-24(32)33)19-7-8-20-25-21(13-23(31)28(19,20)5)27(4)10-11-29(14-18(27)12-22(25)30)34-15-26(2,3)16-35-29/h17-21,25H,6-16H2,1-5H3,(H,32,33)/t17?,18?,19?,20?,21?,25?,27-,28+/m0/s1. The Hall–Kier alpha value is -1.27. The Morgan fingerprint density at radius 3 is 2.37 bits per heavy atom. The number of hydrogen-bond donors (Lipinski definition) is 1.